The van der Waals surface area contributed by atoms with Crippen LogP contribution in [-0.4, -0.2) is 38.2 Å². The number of hydrogen-bond acceptors (Lipinski definition) is 5. The first-order valence-electron chi connectivity index (χ1n) is 6.04. The van der Waals surface area contributed by atoms with Crippen molar-refractivity contribution in [2.24, 2.45) is 0 Å². The monoisotopic (exact) mass is 285 g/mol. The van der Waals surface area contributed by atoms with Crippen LogP contribution in [0, 0.1) is 0 Å². The summed E-state index contributed by atoms with van der Waals surface area (Å²) < 4.78 is 23.7. The second kappa shape index (κ2) is 7.20. The van der Waals surface area contributed by atoms with Gasteiger partial charge in [-0.15, -0.1) is 0 Å². The lowest BCUT2D eigenvalue weighted by atomic mass is 10.1. The Balaban J connectivity index is 2.43. The molecule has 1 atom stereocenters. The zero-order chi connectivity index (χ0) is 14.3. The van der Waals surface area contributed by atoms with Gasteiger partial charge in [0.2, 0.25) is 15.9 Å². The minimum Gasteiger partial charge on any atom is -0.305 e. The van der Waals surface area contributed by atoms with Crippen LogP contribution in [0.25, 0.3) is 0 Å². The molecule has 0 radical (unpaired) electrons. The number of rotatable bonds is 7. The maximum atomic E-state index is 11.4. The molecule has 2 N–H and O–H groups in total. The highest BCUT2D eigenvalue weighted by Gasteiger charge is 2.12. The number of aromatic nitrogens is 1. The van der Waals surface area contributed by atoms with Gasteiger partial charge in [0.25, 0.3) is 0 Å². The molecule has 0 saturated heterocycles. The summed E-state index contributed by atoms with van der Waals surface area (Å²) in [6.07, 6.45) is 4.20. The van der Waals surface area contributed by atoms with Gasteiger partial charge < -0.3 is 5.32 Å². The van der Waals surface area contributed by atoms with Gasteiger partial charge in [0, 0.05) is 24.4 Å². The molecule has 19 heavy (non-hydrogen) atoms. The number of carbonyl (C=O) groups is 1. The third-order valence-electron chi connectivity index (χ3n) is 2.53. The second-order valence-electron chi connectivity index (χ2n) is 4.31. The van der Waals surface area contributed by atoms with E-state index in [1.807, 2.05) is 29.8 Å². The van der Waals surface area contributed by atoms with Crippen LogP contribution < -0.4 is 10.0 Å². The van der Waals surface area contributed by atoms with E-state index in [1.54, 1.807) is 6.20 Å². The average molecular weight is 285 g/mol. The van der Waals surface area contributed by atoms with E-state index in [9.17, 15) is 13.2 Å². The van der Waals surface area contributed by atoms with E-state index in [-0.39, 0.29) is 12.6 Å². The molecule has 1 aromatic rings. The van der Waals surface area contributed by atoms with Crippen molar-refractivity contribution in [3.05, 3.63) is 30.1 Å². The van der Waals surface area contributed by atoms with Crippen LogP contribution in [-0.2, 0) is 21.2 Å². The molecule has 0 aliphatic heterocycles. The van der Waals surface area contributed by atoms with Crippen LogP contribution in [0.5, 0.6) is 0 Å². The molecule has 0 spiro atoms. The number of nitrogens with one attached hydrogen (secondary N) is 2. The molecule has 0 fully saturated rings. The molecule has 0 saturated carbocycles. The van der Waals surface area contributed by atoms with Crippen molar-refractivity contribution in [3.8, 4) is 0 Å². The standard InChI is InChI=1S/C12H19N3O3S/c1-3-10(8-11-6-4-5-7-13-11)14-9-12(16)15-19(2,17)18/h4-7,10,14H,3,8-9H2,1-2H3,(H,15,16). The molecule has 0 bridgehead atoms. The summed E-state index contributed by atoms with van der Waals surface area (Å²) in [6.45, 7) is 1.97. The average Bonchev–Trinajstić information content (AvgIpc) is 2.33. The van der Waals surface area contributed by atoms with Crippen molar-refractivity contribution < 1.29 is 13.2 Å². The van der Waals surface area contributed by atoms with Crippen molar-refractivity contribution >= 4 is 15.9 Å². The molecule has 1 heterocycles. The molecular weight excluding hydrogens is 266 g/mol. The lowest BCUT2D eigenvalue weighted by Gasteiger charge is -2.16. The Morgan fingerprint density at radius 1 is 1.42 bits per heavy atom. The Hall–Kier alpha value is -1.47. The summed E-state index contributed by atoms with van der Waals surface area (Å²) in [4.78, 5) is 15.6. The summed E-state index contributed by atoms with van der Waals surface area (Å²) >= 11 is 0. The summed E-state index contributed by atoms with van der Waals surface area (Å²) in [5.41, 5.74) is 0.936. The van der Waals surface area contributed by atoms with Gasteiger partial charge in [0.1, 0.15) is 0 Å². The maximum Gasteiger partial charge on any atom is 0.247 e. The topological polar surface area (TPSA) is 88.2 Å². The van der Waals surface area contributed by atoms with Crippen LogP contribution >= 0.6 is 0 Å². The molecule has 1 amide bonds. The highest BCUT2D eigenvalue weighted by molar-refractivity contribution is 7.89. The van der Waals surface area contributed by atoms with E-state index in [0.29, 0.717) is 6.42 Å². The van der Waals surface area contributed by atoms with Crippen molar-refractivity contribution in [1.82, 2.24) is 15.0 Å². The van der Waals surface area contributed by atoms with Crippen LogP contribution in [0.15, 0.2) is 24.4 Å². The third-order valence-corrected chi connectivity index (χ3v) is 3.12. The normalized spacial score (nSPS) is 12.9. The predicted octanol–water partition coefficient (Wildman–Crippen LogP) is 0.0681. The molecule has 7 heteroatoms. The molecule has 1 aromatic heterocycles. The zero-order valence-corrected chi connectivity index (χ0v) is 11.9. The Bertz CT molecular complexity index is 502. The van der Waals surface area contributed by atoms with Gasteiger partial charge in [-0.3, -0.25) is 14.5 Å². The lowest BCUT2D eigenvalue weighted by molar-refractivity contribution is -0.118. The van der Waals surface area contributed by atoms with E-state index in [2.05, 4.69) is 10.3 Å². The van der Waals surface area contributed by atoms with Crippen molar-refractivity contribution in [2.45, 2.75) is 25.8 Å². The van der Waals surface area contributed by atoms with Gasteiger partial charge in [0.15, 0.2) is 0 Å². The van der Waals surface area contributed by atoms with E-state index >= 15 is 0 Å². The molecule has 1 rings (SSSR count). The Kier molecular flexibility index (Phi) is 5.91. The molecule has 6 nitrogen and oxygen atoms in total. The summed E-state index contributed by atoms with van der Waals surface area (Å²) in [7, 11) is -3.49. The number of carbonyl (C=O) groups excluding carboxylic acids is 1. The van der Waals surface area contributed by atoms with Gasteiger partial charge in [0.05, 0.1) is 12.8 Å². The largest absolute Gasteiger partial charge is 0.305 e. The van der Waals surface area contributed by atoms with Gasteiger partial charge in [-0.1, -0.05) is 13.0 Å². The smallest absolute Gasteiger partial charge is 0.247 e. The molecule has 0 aromatic carbocycles. The van der Waals surface area contributed by atoms with Crippen molar-refractivity contribution in [3.63, 3.8) is 0 Å². The molecule has 0 aliphatic carbocycles. The van der Waals surface area contributed by atoms with E-state index < -0.39 is 15.9 Å². The highest BCUT2D eigenvalue weighted by atomic mass is 32.2. The summed E-state index contributed by atoms with van der Waals surface area (Å²) in [6, 6.07) is 5.75. The quantitative estimate of drug-likeness (QED) is 0.740. The zero-order valence-electron chi connectivity index (χ0n) is 11.1. The van der Waals surface area contributed by atoms with Crippen molar-refractivity contribution in [2.75, 3.05) is 12.8 Å². The van der Waals surface area contributed by atoms with Crippen molar-refractivity contribution in [1.29, 1.82) is 0 Å². The molecule has 106 valence electrons. The summed E-state index contributed by atoms with van der Waals surface area (Å²) in [5, 5.41) is 3.02. The van der Waals surface area contributed by atoms with Gasteiger partial charge >= 0.3 is 0 Å². The van der Waals surface area contributed by atoms with E-state index in [4.69, 9.17) is 0 Å². The first-order valence-corrected chi connectivity index (χ1v) is 7.93. The van der Waals surface area contributed by atoms with Gasteiger partial charge in [-0.25, -0.2) is 8.42 Å². The van der Waals surface area contributed by atoms with Gasteiger partial charge in [-0.05, 0) is 18.6 Å². The van der Waals surface area contributed by atoms with Crippen LogP contribution in [0.1, 0.15) is 19.0 Å². The van der Waals surface area contributed by atoms with Crippen LogP contribution in [0.2, 0.25) is 0 Å². The fourth-order valence-corrected chi connectivity index (χ4v) is 2.10. The highest BCUT2D eigenvalue weighted by Crippen LogP contribution is 2.02. The number of hydrogen-bond donors (Lipinski definition) is 2. The van der Waals surface area contributed by atoms with E-state index in [1.165, 1.54) is 0 Å². The lowest BCUT2D eigenvalue weighted by Crippen LogP contribution is -2.41. The SMILES string of the molecule is CCC(Cc1ccccn1)NCC(=O)NS(C)(=O)=O. The van der Waals surface area contributed by atoms with Crippen LogP contribution in [0.3, 0.4) is 0 Å². The Morgan fingerprint density at radius 2 is 2.16 bits per heavy atom. The second-order valence-corrected chi connectivity index (χ2v) is 6.06. The first-order chi connectivity index (χ1) is 8.90. The predicted molar refractivity (Wildman–Crippen MR) is 73.0 cm³/mol. The minimum absolute atomic E-state index is 0.0294. The number of nitrogens with zero attached hydrogens (tertiary/aromatic N) is 1. The Labute approximate surface area is 113 Å². The molecule has 1 unspecified atom stereocenters. The summed E-state index contributed by atoms with van der Waals surface area (Å²) in [5.74, 6) is -0.554. The molecule has 0 aliphatic rings. The maximum absolute atomic E-state index is 11.4. The van der Waals surface area contributed by atoms with Crippen LogP contribution in [0.4, 0.5) is 0 Å². The number of amides is 1. The molecular formula is C12H19N3O3S. The first kappa shape index (κ1) is 15.6. The fourth-order valence-electron chi connectivity index (χ4n) is 1.61. The van der Waals surface area contributed by atoms with E-state index in [0.717, 1.165) is 18.4 Å². The third kappa shape index (κ3) is 6.88. The minimum atomic E-state index is -3.49. The fraction of sp³-hybridized carbons (Fsp3) is 0.500. The Morgan fingerprint density at radius 3 is 2.68 bits per heavy atom. The number of pyridine rings is 1. The number of sulfonamides is 1. The van der Waals surface area contributed by atoms with Gasteiger partial charge in [-0.2, -0.15) is 0 Å².